The lowest BCUT2D eigenvalue weighted by molar-refractivity contribution is 0.0846. The lowest BCUT2D eigenvalue weighted by Crippen LogP contribution is -2.23. The quantitative estimate of drug-likeness (QED) is 0.718. The third kappa shape index (κ3) is 5.75. The van der Waals surface area contributed by atoms with Crippen molar-refractivity contribution in [3.05, 3.63) is 10.6 Å². The summed E-state index contributed by atoms with van der Waals surface area (Å²) in [5.74, 6) is 0. The zero-order valence-electron chi connectivity index (χ0n) is 13.2. The zero-order valence-corrected chi connectivity index (χ0v) is 14.0. The summed E-state index contributed by atoms with van der Waals surface area (Å²) < 4.78 is 10.8. The molecule has 0 aliphatic carbocycles. The molecule has 0 aliphatic rings. The maximum Gasteiger partial charge on any atom is 0.185 e. The van der Waals surface area contributed by atoms with Crippen molar-refractivity contribution in [1.29, 1.82) is 0 Å². The van der Waals surface area contributed by atoms with Gasteiger partial charge in [-0.15, -0.1) is 11.3 Å². The molecule has 0 radical (unpaired) electrons. The van der Waals surface area contributed by atoms with Crippen molar-refractivity contribution >= 4 is 16.5 Å². The van der Waals surface area contributed by atoms with E-state index >= 15 is 0 Å². The molecule has 20 heavy (non-hydrogen) atoms. The lowest BCUT2D eigenvalue weighted by Gasteiger charge is -2.16. The molecule has 6 heteroatoms. The van der Waals surface area contributed by atoms with Gasteiger partial charge in [-0.05, 0) is 20.4 Å². The molecule has 0 unspecified atom stereocenters. The molecule has 0 amide bonds. The Bertz CT molecular complexity index is 382. The van der Waals surface area contributed by atoms with Gasteiger partial charge in [0, 0.05) is 32.1 Å². The van der Waals surface area contributed by atoms with E-state index in [9.17, 15) is 0 Å². The minimum atomic E-state index is 0.271. The van der Waals surface area contributed by atoms with Crippen molar-refractivity contribution < 1.29 is 9.47 Å². The number of likely N-dealkylation sites (N-methyl/N-ethyl adjacent to an activating group) is 1. The molecule has 0 saturated heterocycles. The number of aromatic nitrogens is 1. The van der Waals surface area contributed by atoms with Gasteiger partial charge in [0.05, 0.1) is 25.0 Å². The molecule has 0 spiro atoms. The standard InChI is InChI=1S/C14H27N3O2S/c1-6-15-9-13-12(10-18-5)16-14(20-13)17(4)7-8-19-11(2)3/h11,15H,6-10H2,1-5H3. The van der Waals surface area contributed by atoms with Gasteiger partial charge in [0.2, 0.25) is 0 Å². The van der Waals surface area contributed by atoms with Crippen LogP contribution in [0.1, 0.15) is 31.3 Å². The molecule has 0 aromatic carbocycles. The first kappa shape index (κ1) is 17.4. The highest BCUT2D eigenvalue weighted by Gasteiger charge is 2.13. The van der Waals surface area contributed by atoms with Crippen LogP contribution in [-0.4, -0.2) is 44.9 Å². The molecule has 0 fully saturated rings. The van der Waals surface area contributed by atoms with Crippen LogP contribution < -0.4 is 10.2 Å². The second kappa shape index (κ2) is 9.28. The van der Waals surface area contributed by atoms with Crippen LogP contribution in [0.15, 0.2) is 0 Å². The third-order valence-corrected chi connectivity index (χ3v) is 4.00. The average molecular weight is 301 g/mol. The Labute approximate surface area is 126 Å². The Hall–Kier alpha value is -0.690. The molecule has 1 aromatic heterocycles. The number of nitrogens with zero attached hydrogens (tertiary/aromatic N) is 2. The summed E-state index contributed by atoms with van der Waals surface area (Å²) in [5, 5.41) is 4.37. The number of anilines is 1. The summed E-state index contributed by atoms with van der Waals surface area (Å²) in [6.45, 7) is 10.1. The van der Waals surface area contributed by atoms with Gasteiger partial charge in [-0.25, -0.2) is 4.98 Å². The number of methoxy groups -OCH3 is 1. The summed E-state index contributed by atoms with van der Waals surface area (Å²) >= 11 is 1.72. The molecular formula is C14H27N3O2S. The van der Waals surface area contributed by atoms with Crippen LogP contribution in [0.25, 0.3) is 0 Å². The van der Waals surface area contributed by atoms with Crippen molar-refractivity contribution in [1.82, 2.24) is 10.3 Å². The normalized spacial score (nSPS) is 11.3. The van der Waals surface area contributed by atoms with Crippen LogP contribution in [0.5, 0.6) is 0 Å². The molecule has 1 aromatic rings. The first-order valence-electron chi connectivity index (χ1n) is 7.09. The number of hydrogen-bond acceptors (Lipinski definition) is 6. The van der Waals surface area contributed by atoms with Gasteiger partial charge in [0.25, 0.3) is 0 Å². The van der Waals surface area contributed by atoms with Gasteiger partial charge in [-0.2, -0.15) is 0 Å². The molecular weight excluding hydrogens is 274 g/mol. The third-order valence-electron chi connectivity index (χ3n) is 2.79. The predicted molar refractivity (Wildman–Crippen MR) is 84.6 cm³/mol. The van der Waals surface area contributed by atoms with Gasteiger partial charge < -0.3 is 19.7 Å². The van der Waals surface area contributed by atoms with Gasteiger partial charge in [-0.1, -0.05) is 6.92 Å². The minimum absolute atomic E-state index is 0.271. The topological polar surface area (TPSA) is 46.6 Å². The van der Waals surface area contributed by atoms with Crippen LogP contribution in [-0.2, 0) is 22.6 Å². The number of thiazole rings is 1. The Kier molecular flexibility index (Phi) is 8.06. The molecule has 0 aliphatic heterocycles. The van der Waals surface area contributed by atoms with Gasteiger partial charge >= 0.3 is 0 Å². The fourth-order valence-corrected chi connectivity index (χ4v) is 2.70. The fraction of sp³-hybridized carbons (Fsp3) is 0.786. The highest BCUT2D eigenvalue weighted by atomic mass is 32.1. The first-order chi connectivity index (χ1) is 9.58. The first-order valence-corrected chi connectivity index (χ1v) is 7.91. The van der Waals surface area contributed by atoms with E-state index in [4.69, 9.17) is 9.47 Å². The molecule has 1 N–H and O–H groups in total. The number of hydrogen-bond donors (Lipinski definition) is 1. The maximum absolute atomic E-state index is 5.58. The van der Waals surface area contributed by atoms with Gasteiger partial charge in [0.15, 0.2) is 5.13 Å². The zero-order chi connectivity index (χ0) is 15.0. The van der Waals surface area contributed by atoms with Gasteiger partial charge in [-0.3, -0.25) is 0 Å². The van der Waals surface area contributed by atoms with E-state index in [2.05, 4.69) is 43.0 Å². The molecule has 0 saturated carbocycles. The fourth-order valence-electron chi connectivity index (χ4n) is 1.68. The second-order valence-corrected chi connectivity index (χ2v) is 5.98. The SMILES string of the molecule is CCNCc1sc(N(C)CCOC(C)C)nc1COC. The maximum atomic E-state index is 5.58. The number of nitrogens with one attached hydrogen (secondary N) is 1. The van der Waals surface area contributed by atoms with E-state index < -0.39 is 0 Å². The second-order valence-electron chi connectivity index (χ2n) is 4.92. The minimum Gasteiger partial charge on any atom is -0.378 e. The van der Waals surface area contributed by atoms with E-state index in [1.165, 1.54) is 4.88 Å². The summed E-state index contributed by atoms with van der Waals surface area (Å²) in [6.07, 6.45) is 0.271. The number of ether oxygens (including phenoxy) is 2. The van der Waals surface area contributed by atoms with Crippen molar-refractivity contribution in [3.63, 3.8) is 0 Å². The summed E-state index contributed by atoms with van der Waals surface area (Å²) in [4.78, 5) is 8.07. The smallest absolute Gasteiger partial charge is 0.185 e. The van der Waals surface area contributed by atoms with E-state index in [-0.39, 0.29) is 6.10 Å². The van der Waals surface area contributed by atoms with Crippen LogP contribution in [0.4, 0.5) is 5.13 Å². The molecule has 116 valence electrons. The highest BCUT2D eigenvalue weighted by Crippen LogP contribution is 2.26. The van der Waals surface area contributed by atoms with E-state index in [0.717, 1.165) is 37.1 Å². The molecule has 0 atom stereocenters. The molecule has 1 heterocycles. The average Bonchev–Trinajstić information content (AvgIpc) is 2.79. The summed E-state index contributed by atoms with van der Waals surface area (Å²) in [6, 6.07) is 0. The molecule has 1 rings (SSSR count). The molecule has 5 nitrogen and oxygen atoms in total. The summed E-state index contributed by atoms with van der Waals surface area (Å²) in [5.41, 5.74) is 1.03. The Balaban J connectivity index is 2.63. The van der Waals surface area contributed by atoms with Crippen LogP contribution in [0.3, 0.4) is 0 Å². The summed E-state index contributed by atoms with van der Waals surface area (Å²) in [7, 11) is 3.76. The van der Waals surface area contributed by atoms with E-state index in [1.807, 2.05) is 0 Å². The monoisotopic (exact) mass is 301 g/mol. The van der Waals surface area contributed by atoms with Crippen molar-refractivity contribution in [2.24, 2.45) is 0 Å². The van der Waals surface area contributed by atoms with Crippen molar-refractivity contribution in [2.45, 2.75) is 40.0 Å². The van der Waals surface area contributed by atoms with Crippen molar-refractivity contribution in [2.75, 3.05) is 38.8 Å². The largest absolute Gasteiger partial charge is 0.378 e. The predicted octanol–water partition coefficient (Wildman–Crippen LogP) is 2.26. The Morgan fingerprint density at radius 2 is 2.15 bits per heavy atom. The van der Waals surface area contributed by atoms with E-state index in [1.54, 1.807) is 18.4 Å². The number of rotatable bonds is 10. The van der Waals surface area contributed by atoms with Crippen LogP contribution in [0, 0.1) is 0 Å². The van der Waals surface area contributed by atoms with Gasteiger partial charge in [0.1, 0.15) is 0 Å². The van der Waals surface area contributed by atoms with E-state index in [0.29, 0.717) is 6.61 Å². The highest BCUT2D eigenvalue weighted by molar-refractivity contribution is 7.15. The van der Waals surface area contributed by atoms with Crippen LogP contribution >= 0.6 is 11.3 Å². The Morgan fingerprint density at radius 3 is 2.75 bits per heavy atom. The molecule has 0 bridgehead atoms. The Morgan fingerprint density at radius 1 is 1.40 bits per heavy atom. The van der Waals surface area contributed by atoms with Crippen LogP contribution in [0.2, 0.25) is 0 Å². The lowest BCUT2D eigenvalue weighted by atomic mass is 10.3. The van der Waals surface area contributed by atoms with Crippen molar-refractivity contribution in [3.8, 4) is 0 Å².